The Bertz CT molecular complexity index is 279. The zero-order valence-electron chi connectivity index (χ0n) is 11.3. The quantitative estimate of drug-likeness (QED) is 0.693. The molecule has 0 bridgehead atoms. The van der Waals surface area contributed by atoms with Gasteiger partial charge < -0.3 is 15.1 Å². The van der Waals surface area contributed by atoms with Crippen LogP contribution < -0.4 is 5.32 Å². The number of piperazine rings is 1. The van der Waals surface area contributed by atoms with E-state index in [9.17, 15) is 4.79 Å². The highest BCUT2D eigenvalue weighted by Gasteiger charge is 2.35. The molecular formula is C13H25N3O. The van der Waals surface area contributed by atoms with E-state index in [0.717, 1.165) is 45.7 Å². The second-order valence-electron chi connectivity index (χ2n) is 6.32. The molecule has 0 radical (unpaired) electrons. The van der Waals surface area contributed by atoms with Gasteiger partial charge in [0, 0.05) is 39.3 Å². The van der Waals surface area contributed by atoms with Crippen molar-refractivity contribution >= 4 is 6.03 Å². The van der Waals surface area contributed by atoms with Gasteiger partial charge in [0.2, 0.25) is 0 Å². The summed E-state index contributed by atoms with van der Waals surface area (Å²) in [5.41, 5.74) is 0.318. The largest absolute Gasteiger partial charge is 0.324 e. The van der Waals surface area contributed by atoms with Crippen LogP contribution in [0.5, 0.6) is 0 Å². The first-order valence-electron chi connectivity index (χ1n) is 6.73. The Balaban J connectivity index is 1.89. The number of amides is 2. The molecule has 2 fully saturated rings. The zero-order valence-corrected chi connectivity index (χ0v) is 11.3. The van der Waals surface area contributed by atoms with Gasteiger partial charge in [0.15, 0.2) is 0 Å². The van der Waals surface area contributed by atoms with Crippen molar-refractivity contribution in [1.82, 2.24) is 15.1 Å². The highest BCUT2D eigenvalue weighted by Crippen LogP contribution is 2.33. The Hall–Kier alpha value is -0.770. The topological polar surface area (TPSA) is 35.6 Å². The molecule has 98 valence electrons. The van der Waals surface area contributed by atoms with Crippen molar-refractivity contribution in [2.45, 2.75) is 27.2 Å². The van der Waals surface area contributed by atoms with Gasteiger partial charge in [-0.2, -0.15) is 0 Å². The second kappa shape index (κ2) is 4.84. The Morgan fingerprint density at radius 3 is 2.29 bits per heavy atom. The summed E-state index contributed by atoms with van der Waals surface area (Å²) in [6.45, 7) is 12.3. The van der Waals surface area contributed by atoms with Crippen LogP contribution in [0.1, 0.15) is 27.2 Å². The predicted molar refractivity (Wildman–Crippen MR) is 69.0 cm³/mol. The standard InChI is InChI=1S/C13H25N3O/c1-13(2,3)11-4-7-16(10-11)12(17)15-8-5-14-6-9-15/h11,14H,4-10H2,1-3H3. The van der Waals surface area contributed by atoms with Gasteiger partial charge in [-0.25, -0.2) is 4.79 Å². The van der Waals surface area contributed by atoms with Crippen LogP contribution in [0.4, 0.5) is 4.79 Å². The predicted octanol–water partition coefficient (Wildman–Crippen LogP) is 1.38. The third-order valence-electron chi connectivity index (χ3n) is 4.07. The van der Waals surface area contributed by atoms with Crippen molar-refractivity contribution in [2.24, 2.45) is 11.3 Å². The fourth-order valence-corrected chi connectivity index (χ4v) is 2.70. The summed E-state index contributed by atoms with van der Waals surface area (Å²) in [6, 6.07) is 0.248. The van der Waals surface area contributed by atoms with Gasteiger partial charge in [-0.15, -0.1) is 0 Å². The normalized spacial score (nSPS) is 26.4. The molecule has 2 amide bonds. The number of carbonyl (C=O) groups excluding carboxylic acids is 1. The molecule has 1 unspecified atom stereocenters. The third kappa shape index (κ3) is 2.92. The number of likely N-dealkylation sites (tertiary alicyclic amines) is 1. The summed E-state index contributed by atoms with van der Waals surface area (Å²) in [5.74, 6) is 0.648. The highest BCUT2D eigenvalue weighted by atomic mass is 16.2. The number of nitrogens with one attached hydrogen (secondary N) is 1. The van der Waals surface area contributed by atoms with E-state index >= 15 is 0 Å². The lowest BCUT2D eigenvalue weighted by atomic mass is 9.80. The lowest BCUT2D eigenvalue weighted by Crippen LogP contribution is -2.51. The lowest BCUT2D eigenvalue weighted by Gasteiger charge is -2.32. The zero-order chi connectivity index (χ0) is 12.5. The molecule has 17 heavy (non-hydrogen) atoms. The van der Waals surface area contributed by atoms with Gasteiger partial charge in [-0.05, 0) is 17.8 Å². The van der Waals surface area contributed by atoms with Crippen molar-refractivity contribution in [1.29, 1.82) is 0 Å². The van der Waals surface area contributed by atoms with Crippen LogP contribution in [-0.2, 0) is 0 Å². The van der Waals surface area contributed by atoms with Crippen LogP contribution in [0.2, 0.25) is 0 Å². The summed E-state index contributed by atoms with van der Waals surface area (Å²) in [6.07, 6.45) is 1.15. The lowest BCUT2D eigenvalue weighted by molar-refractivity contribution is 0.149. The Labute approximate surface area is 104 Å². The van der Waals surface area contributed by atoms with E-state index in [0.29, 0.717) is 11.3 Å². The molecule has 0 aliphatic carbocycles. The highest BCUT2D eigenvalue weighted by molar-refractivity contribution is 5.74. The van der Waals surface area contributed by atoms with Crippen molar-refractivity contribution in [3.63, 3.8) is 0 Å². The molecule has 2 heterocycles. The van der Waals surface area contributed by atoms with Crippen LogP contribution in [0.25, 0.3) is 0 Å². The summed E-state index contributed by atoms with van der Waals surface area (Å²) in [5, 5.41) is 3.28. The maximum Gasteiger partial charge on any atom is 0.320 e. The molecule has 0 aromatic carbocycles. The Morgan fingerprint density at radius 1 is 1.12 bits per heavy atom. The van der Waals surface area contributed by atoms with E-state index in [1.54, 1.807) is 0 Å². The van der Waals surface area contributed by atoms with Crippen molar-refractivity contribution in [2.75, 3.05) is 39.3 Å². The summed E-state index contributed by atoms with van der Waals surface area (Å²) in [7, 11) is 0. The van der Waals surface area contributed by atoms with E-state index in [-0.39, 0.29) is 6.03 Å². The van der Waals surface area contributed by atoms with Crippen LogP contribution in [0.15, 0.2) is 0 Å². The molecule has 0 spiro atoms. The fourth-order valence-electron chi connectivity index (χ4n) is 2.70. The molecule has 2 rings (SSSR count). The van der Waals surface area contributed by atoms with Gasteiger partial charge in [-0.3, -0.25) is 0 Å². The number of hydrogen-bond acceptors (Lipinski definition) is 2. The second-order valence-corrected chi connectivity index (χ2v) is 6.32. The van der Waals surface area contributed by atoms with E-state index < -0.39 is 0 Å². The minimum absolute atomic E-state index is 0.248. The number of urea groups is 1. The van der Waals surface area contributed by atoms with E-state index in [1.807, 2.05) is 9.80 Å². The minimum Gasteiger partial charge on any atom is -0.324 e. The van der Waals surface area contributed by atoms with Gasteiger partial charge in [0.1, 0.15) is 0 Å². The summed E-state index contributed by atoms with van der Waals surface area (Å²) < 4.78 is 0. The Kier molecular flexibility index (Phi) is 3.61. The maximum absolute atomic E-state index is 12.3. The number of rotatable bonds is 0. The maximum atomic E-state index is 12.3. The molecule has 2 saturated heterocycles. The average molecular weight is 239 g/mol. The molecule has 1 N–H and O–H groups in total. The summed E-state index contributed by atoms with van der Waals surface area (Å²) >= 11 is 0. The fraction of sp³-hybridized carbons (Fsp3) is 0.923. The first-order chi connectivity index (χ1) is 7.98. The van der Waals surface area contributed by atoms with E-state index in [4.69, 9.17) is 0 Å². The third-order valence-corrected chi connectivity index (χ3v) is 4.07. The van der Waals surface area contributed by atoms with Crippen LogP contribution in [0, 0.1) is 11.3 Å². The number of nitrogens with zero attached hydrogens (tertiary/aromatic N) is 2. The number of hydrogen-bond donors (Lipinski definition) is 1. The van der Waals surface area contributed by atoms with Crippen LogP contribution in [-0.4, -0.2) is 55.1 Å². The molecule has 0 aromatic heterocycles. The van der Waals surface area contributed by atoms with Crippen LogP contribution >= 0.6 is 0 Å². The molecule has 4 heteroatoms. The SMILES string of the molecule is CC(C)(C)C1CCN(C(=O)N2CCNCC2)C1. The Morgan fingerprint density at radius 2 is 1.76 bits per heavy atom. The van der Waals surface area contributed by atoms with Gasteiger partial charge >= 0.3 is 6.03 Å². The first kappa shape index (κ1) is 12.7. The van der Waals surface area contributed by atoms with Crippen molar-refractivity contribution < 1.29 is 4.79 Å². The van der Waals surface area contributed by atoms with Gasteiger partial charge in [-0.1, -0.05) is 20.8 Å². The first-order valence-corrected chi connectivity index (χ1v) is 6.73. The molecule has 0 aromatic rings. The molecule has 1 atom stereocenters. The molecular weight excluding hydrogens is 214 g/mol. The minimum atomic E-state index is 0.248. The molecule has 2 aliphatic heterocycles. The smallest absolute Gasteiger partial charge is 0.320 e. The van der Waals surface area contributed by atoms with Crippen molar-refractivity contribution in [3.8, 4) is 0 Å². The van der Waals surface area contributed by atoms with Gasteiger partial charge in [0.05, 0.1) is 0 Å². The van der Waals surface area contributed by atoms with Gasteiger partial charge in [0.25, 0.3) is 0 Å². The van der Waals surface area contributed by atoms with Crippen LogP contribution in [0.3, 0.4) is 0 Å². The monoisotopic (exact) mass is 239 g/mol. The van der Waals surface area contributed by atoms with E-state index in [1.165, 1.54) is 0 Å². The van der Waals surface area contributed by atoms with E-state index in [2.05, 4.69) is 26.1 Å². The molecule has 2 aliphatic rings. The number of carbonyl (C=O) groups is 1. The summed E-state index contributed by atoms with van der Waals surface area (Å²) in [4.78, 5) is 16.3. The molecule has 4 nitrogen and oxygen atoms in total. The van der Waals surface area contributed by atoms with Crippen molar-refractivity contribution in [3.05, 3.63) is 0 Å². The molecule has 0 saturated carbocycles. The average Bonchev–Trinajstić information content (AvgIpc) is 2.78.